The van der Waals surface area contributed by atoms with E-state index in [4.69, 9.17) is 19.9 Å². The number of hydrogen-bond donors (Lipinski definition) is 2. The Morgan fingerprint density at radius 1 is 0.708 bits per heavy atom. The first-order valence-corrected chi connectivity index (χ1v) is 6.85. The normalized spacial score (nSPS) is 10.5. The van der Waals surface area contributed by atoms with Gasteiger partial charge in [-0.2, -0.15) is 0 Å². The van der Waals surface area contributed by atoms with E-state index in [-0.39, 0.29) is 24.3 Å². The molecule has 0 radical (unpaired) electrons. The van der Waals surface area contributed by atoms with Crippen LogP contribution in [0.25, 0.3) is 0 Å². The van der Waals surface area contributed by atoms with Crippen LogP contribution in [0.3, 0.4) is 0 Å². The Hall–Kier alpha value is -3.42. The van der Waals surface area contributed by atoms with E-state index in [0.29, 0.717) is 0 Å². The predicted octanol–water partition coefficient (Wildman–Crippen LogP) is 3.10. The Balaban J connectivity index is 1.71. The van der Waals surface area contributed by atoms with Crippen LogP contribution in [0, 0.1) is 0 Å². The van der Waals surface area contributed by atoms with Gasteiger partial charge in [0.15, 0.2) is 0 Å². The third-order valence-electron chi connectivity index (χ3n) is 3.01. The minimum atomic E-state index is -0.994. The Kier molecular flexibility index (Phi) is 5.84. The van der Waals surface area contributed by atoms with Gasteiger partial charge in [0.25, 0.3) is 0 Å². The highest BCUT2D eigenvalue weighted by molar-refractivity contribution is 5.87. The van der Waals surface area contributed by atoms with Crippen LogP contribution in [0.2, 0.25) is 0 Å². The smallest absolute Gasteiger partial charge is 0.335 e. The van der Waals surface area contributed by atoms with Gasteiger partial charge in [0, 0.05) is 0 Å². The van der Waals surface area contributed by atoms with Crippen molar-refractivity contribution in [3.63, 3.8) is 0 Å². The van der Waals surface area contributed by atoms with Crippen molar-refractivity contribution in [2.24, 2.45) is 10.6 Å². The maximum Gasteiger partial charge on any atom is 0.335 e. The highest BCUT2D eigenvalue weighted by atomic mass is 16.7. The predicted molar refractivity (Wildman–Crippen MR) is 81.2 cm³/mol. The average molecular weight is 330 g/mol. The maximum absolute atomic E-state index is 10.7. The number of carboxylic acid groups (broad SMARTS) is 2. The van der Waals surface area contributed by atoms with Crippen LogP contribution in [-0.2, 0) is 22.9 Å². The second kappa shape index (κ2) is 8.28. The monoisotopic (exact) mass is 330 g/mol. The number of aromatic carboxylic acids is 2. The lowest BCUT2D eigenvalue weighted by Gasteiger charge is -2.01. The van der Waals surface area contributed by atoms with Crippen molar-refractivity contribution in [1.29, 1.82) is 0 Å². The fourth-order valence-electron chi connectivity index (χ4n) is 1.74. The van der Waals surface area contributed by atoms with Crippen LogP contribution in [0.5, 0.6) is 0 Å². The van der Waals surface area contributed by atoms with E-state index in [1.54, 1.807) is 24.3 Å². The summed E-state index contributed by atoms with van der Waals surface area (Å²) in [7, 11) is 0. The molecule has 0 saturated carbocycles. The lowest BCUT2D eigenvalue weighted by atomic mass is 10.1. The topological polar surface area (TPSA) is 118 Å². The van der Waals surface area contributed by atoms with Crippen molar-refractivity contribution in [3.05, 3.63) is 70.8 Å². The number of hydrogen-bond acceptors (Lipinski definition) is 6. The second-order valence-electron chi connectivity index (χ2n) is 4.71. The van der Waals surface area contributed by atoms with E-state index in [1.165, 1.54) is 24.3 Å². The van der Waals surface area contributed by atoms with Gasteiger partial charge in [0.05, 0.1) is 21.7 Å². The molecule has 0 aliphatic rings. The molecule has 0 aliphatic carbocycles. The van der Waals surface area contributed by atoms with Gasteiger partial charge in [-0.05, 0) is 35.4 Å². The molecule has 2 aromatic rings. The highest BCUT2D eigenvalue weighted by Crippen LogP contribution is 2.07. The standard InChI is InChI=1S/C16H14N2O6/c19-15(20)13-5-1-11(2-6-13)9-23-17-18-24-10-12-3-7-14(8-4-12)16(21)22/h1-8H,9-10H2,(H,19,20)(H,21,22)/b18-17-. The van der Waals surface area contributed by atoms with E-state index in [0.717, 1.165) is 11.1 Å². The molecule has 0 bridgehead atoms. The zero-order chi connectivity index (χ0) is 17.4. The molecule has 8 heteroatoms. The van der Waals surface area contributed by atoms with Crippen LogP contribution in [0.1, 0.15) is 31.8 Å². The van der Waals surface area contributed by atoms with Crippen LogP contribution in [-0.4, -0.2) is 22.2 Å². The van der Waals surface area contributed by atoms with Crippen molar-refractivity contribution in [2.45, 2.75) is 13.2 Å². The molecule has 0 aliphatic heterocycles. The van der Waals surface area contributed by atoms with Crippen LogP contribution in [0.15, 0.2) is 59.1 Å². The Labute approximate surface area is 136 Å². The van der Waals surface area contributed by atoms with E-state index >= 15 is 0 Å². The van der Waals surface area contributed by atoms with Crippen LogP contribution < -0.4 is 0 Å². The minimum absolute atomic E-state index is 0.125. The summed E-state index contributed by atoms with van der Waals surface area (Å²) in [6.45, 7) is 0.250. The molecule has 0 unspecified atom stereocenters. The summed E-state index contributed by atoms with van der Waals surface area (Å²) in [5.41, 5.74) is 1.86. The number of rotatable bonds is 8. The summed E-state index contributed by atoms with van der Waals surface area (Å²) in [5, 5.41) is 24.3. The molecular formula is C16H14N2O6. The number of carbonyl (C=O) groups is 2. The molecule has 0 atom stereocenters. The van der Waals surface area contributed by atoms with E-state index < -0.39 is 11.9 Å². The summed E-state index contributed by atoms with van der Waals surface area (Å²) in [6, 6.07) is 12.3. The van der Waals surface area contributed by atoms with Crippen molar-refractivity contribution in [2.75, 3.05) is 0 Å². The summed E-state index contributed by atoms with van der Waals surface area (Å²) >= 11 is 0. The quantitative estimate of drug-likeness (QED) is 0.567. The van der Waals surface area contributed by atoms with Crippen molar-refractivity contribution in [3.8, 4) is 0 Å². The maximum atomic E-state index is 10.7. The van der Waals surface area contributed by atoms with Gasteiger partial charge in [0.1, 0.15) is 13.2 Å². The number of carboxylic acids is 2. The van der Waals surface area contributed by atoms with Gasteiger partial charge in [-0.25, -0.2) is 9.59 Å². The Morgan fingerprint density at radius 3 is 1.33 bits per heavy atom. The number of benzene rings is 2. The molecule has 8 nitrogen and oxygen atoms in total. The zero-order valence-electron chi connectivity index (χ0n) is 12.5. The molecule has 2 N–H and O–H groups in total. The molecule has 0 fully saturated rings. The van der Waals surface area contributed by atoms with E-state index in [9.17, 15) is 9.59 Å². The first-order chi connectivity index (χ1) is 11.6. The second-order valence-corrected chi connectivity index (χ2v) is 4.71. The van der Waals surface area contributed by atoms with Gasteiger partial charge in [-0.1, -0.05) is 24.3 Å². The lowest BCUT2D eigenvalue weighted by molar-refractivity contribution is 0.0269. The molecule has 24 heavy (non-hydrogen) atoms. The fraction of sp³-hybridized carbons (Fsp3) is 0.125. The minimum Gasteiger partial charge on any atom is -0.478 e. The van der Waals surface area contributed by atoms with Crippen LogP contribution >= 0.6 is 0 Å². The molecule has 0 amide bonds. The summed E-state index contributed by atoms with van der Waals surface area (Å²) < 4.78 is 0. The molecule has 2 rings (SSSR count). The number of nitrogens with zero attached hydrogens (tertiary/aromatic N) is 2. The molecule has 0 saturated heterocycles. The van der Waals surface area contributed by atoms with Crippen molar-refractivity contribution in [1.82, 2.24) is 0 Å². The first-order valence-electron chi connectivity index (χ1n) is 6.85. The summed E-state index contributed by atoms with van der Waals surface area (Å²) in [5.74, 6) is -1.99. The lowest BCUT2D eigenvalue weighted by Crippen LogP contribution is -1.96. The van der Waals surface area contributed by atoms with Crippen molar-refractivity contribution >= 4 is 11.9 Å². The Bertz CT molecular complexity index is 662. The van der Waals surface area contributed by atoms with E-state index in [1.807, 2.05) is 0 Å². The van der Waals surface area contributed by atoms with Gasteiger partial charge in [-0.15, -0.1) is 0 Å². The third-order valence-corrected chi connectivity index (χ3v) is 3.01. The van der Waals surface area contributed by atoms with Crippen molar-refractivity contribution < 1.29 is 29.5 Å². The molecule has 124 valence electrons. The third kappa shape index (κ3) is 5.09. The zero-order valence-corrected chi connectivity index (χ0v) is 12.5. The molecule has 0 aromatic heterocycles. The van der Waals surface area contributed by atoms with Gasteiger partial charge < -0.3 is 19.9 Å². The van der Waals surface area contributed by atoms with Crippen LogP contribution in [0.4, 0.5) is 0 Å². The average Bonchev–Trinajstić information content (AvgIpc) is 2.58. The highest BCUT2D eigenvalue weighted by Gasteiger charge is 2.02. The largest absolute Gasteiger partial charge is 0.478 e. The summed E-state index contributed by atoms with van der Waals surface area (Å²) in [6.07, 6.45) is 0. The summed E-state index contributed by atoms with van der Waals surface area (Å²) in [4.78, 5) is 31.2. The molecule has 0 heterocycles. The molecular weight excluding hydrogens is 316 g/mol. The van der Waals surface area contributed by atoms with E-state index in [2.05, 4.69) is 10.6 Å². The van der Waals surface area contributed by atoms with Gasteiger partial charge in [-0.3, -0.25) is 0 Å². The SMILES string of the molecule is O=C(O)c1ccc(CO/N=N\OCc2ccc(C(=O)O)cc2)cc1. The molecule has 0 spiro atoms. The molecule has 2 aromatic carbocycles. The fourth-order valence-corrected chi connectivity index (χ4v) is 1.74. The van der Waals surface area contributed by atoms with Gasteiger partial charge >= 0.3 is 11.9 Å². The Morgan fingerprint density at radius 2 is 1.04 bits per heavy atom. The first kappa shape index (κ1) is 16.9. The van der Waals surface area contributed by atoms with Gasteiger partial charge in [0.2, 0.25) is 0 Å².